The molecule has 3 unspecified atom stereocenters. The Kier molecular flexibility index (Phi) is 6.58. The molecule has 2 amide bonds. The van der Waals surface area contributed by atoms with E-state index in [9.17, 15) is 9.59 Å². The molecule has 0 bridgehead atoms. The molecule has 3 atom stereocenters. The lowest BCUT2D eigenvalue weighted by Crippen LogP contribution is -2.51. The third-order valence-electron chi connectivity index (χ3n) is 4.05. The zero-order chi connectivity index (χ0) is 13.0. The number of carbonyl (C=O) groups excluding carboxylic acids is 2. The van der Waals surface area contributed by atoms with E-state index in [1.165, 1.54) is 0 Å². The van der Waals surface area contributed by atoms with E-state index in [-0.39, 0.29) is 42.2 Å². The van der Waals surface area contributed by atoms with Crippen LogP contribution in [0.3, 0.4) is 0 Å². The van der Waals surface area contributed by atoms with Crippen LogP contribution >= 0.6 is 12.4 Å². The summed E-state index contributed by atoms with van der Waals surface area (Å²) in [5.74, 6) is -0.210. The topological polar surface area (TPSA) is 84.2 Å². The highest BCUT2D eigenvalue weighted by Gasteiger charge is 2.28. The van der Waals surface area contributed by atoms with E-state index >= 15 is 0 Å². The summed E-state index contributed by atoms with van der Waals surface area (Å²) in [6, 6.07) is 0.0696. The van der Waals surface area contributed by atoms with Gasteiger partial charge in [0.2, 0.25) is 11.8 Å². The Hall–Kier alpha value is -0.810. The monoisotopic (exact) mass is 289 g/mol. The molecule has 19 heavy (non-hydrogen) atoms. The molecule has 1 aliphatic carbocycles. The molecule has 5 nitrogen and oxygen atoms in total. The van der Waals surface area contributed by atoms with Gasteiger partial charge in [0.1, 0.15) is 0 Å². The minimum atomic E-state index is -0.232. The molecular formula is C13H24ClN3O2. The van der Waals surface area contributed by atoms with Crippen molar-refractivity contribution in [1.29, 1.82) is 0 Å². The number of hydrogen-bond acceptors (Lipinski definition) is 3. The van der Waals surface area contributed by atoms with Crippen molar-refractivity contribution in [2.24, 2.45) is 11.7 Å². The number of halogens is 1. The Labute approximate surface area is 120 Å². The molecule has 1 heterocycles. The lowest BCUT2D eigenvalue weighted by Gasteiger charge is -2.30. The predicted molar refractivity (Wildman–Crippen MR) is 76.0 cm³/mol. The van der Waals surface area contributed by atoms with E-state index in [4.69, 9.17) is 5.73 Å². The van der Waals surface area contributed by atoms with Crippen molar-refractivity contribution in [2.75, 3.05) is 6.54 Å². The summed E-state index contributed by atoms with van der Waals surface area (Å²) in [5.41, 5.74) is 5.34. The zero-order valence-corrected chi connectivity index (χ0v) is 12.0. The zero-order valence-electron chi connectivity index (χ0n) is 11.2. The van der Waals surface area contributed by atoms with Gasteiger partial charge in [0, 0.05) is 12.0 Å². The maximum absolute atomic E-state index is 12.1. The maximum Gasteiger partial charge on any atom is 0.237 e. The summed E-state index contributed by atoms with van der Waals surface area (Å²) in [5, 5.41) is 6.30. The van der Waals surface area contributed by atoms with Crippen LogP contribution in [-0.2, 0) is 9.59 Å². The Morgan fingerprint density at radius 3 is 2.53 bits per heavy atom. The molecule has 1 saturated heterocycles. The molecule has 0 aromatic rings. The number of piperidine rings is 1. The highest BCUT2D eigenvalue weighted by molar-refractivity contribution is 5.85. The van der Waals surface area contributed by atoms with Gasteiger partial charge in [-0.25, -0.2) is 0 Å². The van der Waals surface area contributed by atoms with Crippen molar-refractivity contribution in [1.82, 2.24) is 10.6 Å². The van der Waals surface area contributed by atoms with Crippen LogP contribution in [-0.4, -0.2) is 30.4 Å². The Bertz CT molecular complexity index is 319. The van der Waals surface area contributed by atoms with Gasteiger partial charge in [-0.15, -0.1) is 12.4 Å². The molecule has 2 aliphatic rings. The van der Waals surface area contributed by atoms with Crippen molar-refractivity contribution < 1.29 is 9.59 Å². The van der Waals surface area contributed by atoms with Gasteiger partial charge in [-0.05, 0) is 38.6 Å². The summed E-state index contributed by atoms with van der Waals surface area (Å²) < 4.78 is 0. The third kappa shape index (κ3) is 4.66. The van der Waals surface area contributed by atoms with Gasteiger partial charge in [0.25, 0.3) is 0 Å². The second-order valence-electron chi connectivity index (χ2n) is 5.47. The van der Waals surface area contributed by atoms with Gasteiger partial charge in [-0.2, -0.15) is 0 Å². The minimum absolute atomic E-state index is 0. The summed E-state index contributed by atoms with van der Waals surface area (Å²) in [6.07, 6.45) is 6.67. The molecule has 4 N–H and O–H groups in total. The average molecular weight is 290 g/mol. The van der Waals surface area contributed by atoms with Crippen LogP contribution in [0, 0.1) is 5.92 Å². The first-order chi connectivity index (χ1) is 8.66. The molecule has 0 aromatic carbocycles. The van der Waals surface area contributed by atoms with Gasteiger partial charge in [0.15, 0.2) is 0 Å². The number of carbonyl (C=O) groups is 2. The fraction of sp³-hybridized carbons (Fsp3) is 0.846. The Morgan fingerprint density at radius 1 is 1.11 bits per heavy atom. The molecule has 1 saturated carbocycles. The molecule has 1 aliphatic heterocycles. The smallest absolute Gasteiger partial charge is 0.237 e. The summed E-state index contributed by atoms with van der Waals surface area (Å²) >= 11 is 0. The lowest BCUT2D eigenvalue weighted by atomic mass is 9.85. The first kappa shape index (κ1) is 16.2. The summed E-state index contributed by atoms with van der Waals surface area (Å²) in [4.78, 5) is 23.2. The van der Waals surface area contributed by atoms with Crippen LogP contribution in [0.4, 0.5) is 0 Å². The second-order valence-corrected chi connectivity index (χ2v) is 5.47. The van der Waals surface area contributed by atoms with Crippen molar-refractivity contribution >= 4 is 24.2 Å². The highest BCUT2D eigenvalue weighted by Crippen LogP contribution is 2.24. The van der Waals surface area contributed by atoms with Crippen molar-refractivity contribution in [3.63, 3.8) is 0 Å². The van der Waals surface area contributed by atoms with Crippen LogP contribution < -0.4 is 16.4 Å². The van der Waals surface area contributed by atoms with E-state index in [2.05, 4.69) is 10.6 Å². The Balaban J connectivity index is 0.00000180. The molecule has 0 aromatic heterocycles. The van der Waals surface area contributed by atoms with Crippen LogP contribution in [0.2, 0.25) is 0 Å². The Morgan fingerprint density at radius 2 is 1.89 bits per heavy atom. The first-order valence-corrected chi connectivity index (χ1v) is 7.00. The van der Waals surface area contributed by atoms with Gasteiger partial charge < -0.3 is 16.4 Å². The molecule has 6 heteroatoms. The van der Waals surface area contributed by atoms with Crippen LogP contribution in [0.25, 0.3) is 0 Å². The van der Waals surface area contributed by atoms with Gasteiger partial charge in [-0.1, -0.05) is 12.8 Å². The highest BCUT2D eigenvalue weighted by atomic mass is 35.5. The maximum atomic E-state index is 12.1. The van der Waals surface area contributed by atoms with E-state index < -0.39 is 0 Å². The standard InChI is InChI=1S/C13H23N3O2.ClH/c14-12(17)9-4-3-5-10(8-9)16-13(18)11-6-1-2-7-15-11;/h9-11,15H,1-8H2,(H2,14,17)(H,16,18);1H. The van der Waals surface area contributed by atoms with Gasteiger partial charge >= 0.3 is 0 Å². The van der Waals surface area contributed by atoms with E-state index in [0.717, 1.165) is 45.1 Å². The number of nitrogens with one attached hydrogen (secondary N) is 2. The van der Waals surface area contributed by atoms with Crippen molar-refractivity contribution in [2.45, 2.75) is 57.0 Å². The molecule has 0 radical (unpaired) electrons. The molecule has 2 rings (SSSR count). The largest absolute Gasteiger partial charge is 0.369 e. The average Bonchev–Trinajstić information content (AvgIpc) is 2.40. The quantitative estimate of drug-likeness (QED) is 0.715. The van der Waals surface area contributed by atoms with Crippen molar-refractivity contribution in [3.05, 3.63) is 0 Å². The first-order valence-electron chi connectivity index (χ1n) is 7.00. The van der Waals surface area contributed by atoms with Gasteiger partial charge in [-0.3, -0.25) is 9.59 Å². The molecule has 2 fully saturated rings. The molecule has 110 valence electrons. The van der Waals surface area contributed by atoms with Crippen LogP contribution in [0.5, 0.6) is 0 Å². The van der Waals surface area contributed by atoms with Crippen LogP contribution in [0.15, 0.2) is 0 Å². The molecule has 0 spiro atoms. The van der Waals surface area contributed by atoms with Crippen LogP contribution in [0.1, 0.15) is 44.9 Å². The van der Waals surface area contributed by atoms with E-state index in [1.807, 2.05) is 0 Å². The second kappa shape index (κ2) is 7.70. The fourth-order valence-corrected chi connectivity index (χ4v) is 2.96. The summed E-state index contributed by atoms with van der Waals surface area (Å²) in [6.45, 7) is 0.923. The van der Waals surface area contributed by atoms with E-state index in [1.54, 1.807) is 0 Å². The van der Waals surface area contributed by atoms with E-state index in [0.29, 0.717) is 6.42 Å². The summed E-state index contributed by atoms with van der Waals surface area (Å²) in [7, 11) is 0. The lowest BCUT2D eigenvalue weighted by molar-refractivity contribution is -0.126. The normalized spacial score (nSPS) is 31.1. The van der Waals surface area contributed by atoms with Crippen molar-refractivity contribution in [3.8, 4) is 0 Å². The SMILES string of the molecule is Cl.NC(=O)C1CCCC(NC(=O)C2CCCCN2)C1. The minimum Gasteiger partial charge on any atom is -0.369 e. The number of amides is 2. The predicted octanol–water partition coefficient (Wildman–Crippen LogP) is 0.711. The van der Waals surface area contributed by atoms with Gasteiger partial charge in [0.05, 0.1) is 6.04 Å². The molecular weight excluding hydrogens is 266 g/mol. The number of primary amides is 1. The number of nitrogens with two attached hydrogens (primary N) is 1. The fourth-order valence-electron chi connectivity index (χ4n) is 2.96. The number of rotatable bonds is 3. The number of hydrogen-bond donors (Lipinski definition) is 3. The third-order valence-corrected chi connectivity index (χ3v) is 4.05.